The van der Waals surface area contributed by atoms with Gasteiger partial charge in [0.15, 0.2) is 5.82 Å². The second kappa shape index (κ2) is 14.2. The van der Waals surface area contributed by atoms with Gasteiger partial charge in [-0.25, -0.2) is 9.97 Å². The zero-order valence-corrected chi connectivity index (χ0v) is 35.7. The van der Waals surface area contributed by atoms with Crippen LogP contribution in [0.4, 0.5) is 0 Å². The zero-order valence-electron chi connectivity index (χ0n) is 35.7. The normalized spacial score (nSPS) is 13.0. The first kappa shape index (κ1) is 36.8. The molecule has 0 amide bonds. The second-order valence-electron chi connectivity index (χ2n) is 17.6. The van der Waals surface area contributed by atoms with Gasteiger partial charge in [-0.3, -0.25) is 0 Å². The summed E-state index contributed by atoms with van der Waals surface area (Å²) in [5.41, 5.74) is 21.0. The second-order valence-corrected chi connectivity index (χ2v) is 17.6. The third kappa shape index (κ3) is 5.38. The molecule has 2 aromatic heterocycles. The lowest BCUT2D eigenvalue weighted by molar-refractivity contribution is 0.669. The number of benzene rings is 10. The van der Waals surface area contributed by atoms with Gasteiger partial charge in [0, 0.05) is 27.5 Å². The lowest BCUT2D eigenvalue weighted by atomic mass is 9.70. The Morgan fingerprint density at radius 3 is 1.61 bits per heavy atom. The van der Waals surface area contributed by atoms with Crippen LogP contribution in [-0.2, 0) is 5.41 Å². The maximum atomic E-state index is 6.28. The first-order valence-corrected chi connectivity index (χ1v) is 22.6. The molecule has 0 saturated heterocycles. The highest BCUT2D eigenvalue weighted by Crippen LogP contribution is 2.63. The molecule has 0 saturated carbocycles. The van der Waals surface area contributed by atoms with E-state index in [1.165, 1.54) is 60.8 Å². The number of hydrogen-bond donors (Lipinski definition) is 0. The molecular weight excluding hydrogens is 801 g/mol. The van der Waals surface area contributed by atoms with Gasteiger partial charge < -0.3 is 4.42 Å². The predicted molar refractivity (Wildman–Crippen MR) is 270 cm³/mol. The highest BCUT2D eigenvalue weighted by molar-refractivity contribution is 6.07. The van der Waals surface area contributed by atoms with Crippen molar-refractivity contribution in [2.45, 2.75) is 5.41 Å². The van der Waals surface area contributed by atoms with Gasteiger partial charge in [-0.1, -0.05) is 182 Å². The molecule has 12 aromatic rings. The molecule has 0 unspecified atom stereocenters. The van der Waals surface area contributed by atoms with E-state index in [0.29, 0.717) is 5.82 Å². The number of hydrogen-bond acceptors (Lipinski definition) is 3. The van der Waals surface area contributed by atoms with Gasteiger partial charge in [0.2, 0.25) is 0 Å². The summed E-state index contributed by atoms with van der Waals surface area (Å²) in [6.07, 6.45) is 0. The third-order valence-electron chi connectivity index (χ3n) is 14.1. The van der Waals surface area contributed by atoms with Crippen molar-refractivity contribution in [2.75, 3.05) is 0 Å². The lowest BCUT2D eigenvalue weighted by Gasteiger charge is -2.30. The van der Waals surface area contributed by atoms with E-state index in [1.807, 2.05) is 18.2 Å². The fourth-order valence-corrected chi connectivity index (χ4v) is 11.2. The van der Waals surface area contributed by atoms with Crippen molar-refractivity contribution in [1.82, 2.24) is 9.97 Å². The fourth-order valence-electron chi connectivity index (χ4n) is 11.2. The van der Waals surface area contributed by atoms with Gasteiger partial charge >= 0.3 is 0 Å². The molecule has 1 spiro atoms. The molecule has 3 heteroatoms. The Morgan fingerprint density at radius 1 is 0.288 bits per heavy atom. The van der Waals surface area contributed by atoms with E-state index < -0.39 is 5.41 Å². The van der Waals surface area contributed by atoms with Crippen LogP contribution in [0.1, 0.15) is 22.3 Å². The van der Waals surface area contributed by atoms with E-state index in [1.54, 1.807) is 0 Å². The van der Waals surface area contributed by atoms with Gasteiger partial charge in [0.25, 0.3) is 0 Å². The van der Waals surface area contributed by atoms with Crippen molar-refractivity contribution in [3.63, 3.8) is 0 Å². The summed E-state index contributed by atoms with van der Waals surface area (Å²) in [6, 6.07) is 83.4. The van der Waals surface area contributed by atoms with Crippen LogP contribution < -0.4 is 0 Å². The average molecular weight is 839 g/mol. The van der Waals surface area contributed by atoms with E-state index >= 15 is 0 Å². The Bertz CT molecular complexity index is 3900. The van der Waals surface area contributed by atoms with Crippen molar-refractivity contribution < 1.29 is 4.42 Å². The maximum Gasteiger partial charge on any atom is 0.160 e. The Morgan fingerprint density at radius 2 is 0.833 bits per heavy atom. The van der Waals surface area contributed by atoms with E-state index in [2.05, 4.69) is 212 Å². The molecule has 2 aliphatic carbocycles. The molecular formula is C63H38N2O. The molecule has 14 rings (SSSR count). The summed E-state index contributed by atoms with van der Waals surface area (Å²) in [7, 11) is 0. The Hall–Kier alpha value is -8.66. The molecule has 0 atom stereocenters. The summed E-state index contributed by atoms with van der Waals surface area (Å²) in [5, 5.41) is 4.61. The molecule has 0 radical (unpaired) electrons. The van der Waals surface area contributed by atoms with Crippen LogP contribution in [0.15, 0.2) is 235 Å². The topological polar surface area (TPSA) is 38.9 Å². The largest absolute Gasteiger partial charge is 0.456 e. The third-order valence-corrected chi connectivity index (χ3v) is 14.1. The minimum absolute atomic E-state index is 0.409. The van der Waals surface area contributed by atoms with Crippen LogP contribution in [0.5, 0.6) is 0 Å². The highest BCUT2D eigenvalue weighted by atomic mass is 16.3. The van der Waals surface area contributed by atoms with E-state index in [9.17, 15) is 0 Å². The first-order chi connectivity index (χ1) is 32.7. The van der Waals surface area contributed by atoms with E-state index in [4.69, 9.17) is 14.4 Å². The first-order valence-electron chi connectivity index (χ1n) is 22.6. The van der Waals surface area contributed by atoms with E-state index in [-0.39, 0.29) is 0 Å². The van der Waals surface area contributed by atoms with Gasteiger partial charge in [-0.05, 0) is 126 Å². The SMILES string of the molecule is c1ccc(-c2nc(-c3cc(-c4ccc5oc6ccccc6c5c4)cc(-c4cccc5ccccc45)c3)cc(-c3ccc4c(c3)-c3ccccc3C43c4ccccc4-c4ccccc43)n2)cc1. The number of fused-ring (bicyclic) bond motifs is 14. The molecule has 3 nitrogen and oxygen atoms in total. The van der Waals surface area contributed by atoms with E-state index in [0.717, 1.165) is 66.7 Å². The lowest BCUT2D eigenvalue weighted by Crippen LogP contribution is -2.25. The Kier molecular flexibility index (Phi) is 7.90. The standard InChI is InChI=1S/C63H38N2O/c1-2-16-40(17-3-1)62-64-58(42-29-31-57-52(37-42)50-22-8-12-27-56(50)63(57)54-25-10-6-20-48(54)49-21-7-11-26-55(49)63)38-59(65-62)45-34-43(33-44(35-45)47-24-14-18-39-15-4-5-19-46(39)47)41-30-32-61-53(36-41)51-23-9-13-28-60(51)66-61/h1-38H. The summed E-state index contributed by atoms with van der Waals surface area (Å²) in [5.74, 6) is 0.683. The molecule has 306 valence electrons. The number of furan rings is 1. The Labute approximate surface area is 382 Å². The molecule has 0 fully saturated rings. The molecule has 0 N–H and O–H groups in total. The number of para-hydroxylation sites is 1. The zero-order chi connectivity index (χ0) is 43.3. The van der Waals surface area contributed by atoms with Crippen molar-refractivity contribution in [2.24, 2.45) is 0 Å². The summed E-state index contributed by atoms with van der Waals surface area (Å²) >= 11 is 0. The highest BCUT2D eigenvalue weighted by Gasteiger charge is 2.51. The summed E-state index contributed by atoms with van der Waals surface area (Å²) in [6.45, 7) is 0. The van der Waals surface area contributed by atoms with Crippen LogP contribution in [0.2, 0.25) is 0 Å². The summed E-state index contributed by atoms with van der Waals surface area (Å²) < 4.78 is 6.28. The minimum atomic E-state index is -0.409. The van der Waals surface area contributed by atoms with Gasteiger partial charge in [-0.2, -0.15) is 0 Å². The summed E-state index contributed by atoms with van der Waals surface area (Å²) in [4.78, 5) is 10.8. The van der Waals surface area contributed by atoms with Crippen LogP contribution in [-0.4, -0.2) is 9.97 Å². The van der Waals surface area contributed by atoms with Crippen molar-refractivity contribution in [3.05, 3.63) is 253 Å². The quantitative estimate of drug-likeness (QED) is 0.173. The van der Waals surface area contributed by atoms with Gasteiger partial charge in [-0.15, -0.1) is 0 Å². The number of aromatic nitrogens is 2. The maximum absolute atomic E-state index is 6.28. The van der Waals surface area contributed by atoms with Crippen LogP contribution in [0.25, 0.3) is 111 Å². The Balaban J connectivity index is 0.990. The van der Waals surface area contributed by atoms with Crippen LogP contribution >= 0.6 is 0 Å². The molecule has 66 heavy (non-hydrogen) atoms. The molecule has 2 aliphatic rings. The van der Waals surface area contributed by atoms with Crippen molar-refractivity contribution in [1.29, 1.82) is 0 Å². The minimum Gasteiger partial charge on any atom is -0.456 e. The van der Waals surface area contributed by atoms with Crippen molar-refractivity contribution >= 4 is 32.7 Å². The van der Waals surface area contributed by atoms with Gasteiger partial charge in [0.05, 0.1) is 16.8 Å². The van der Waals surface area contributed by atoms with Crippen LogP contribution in [0.3, 0.4) is 0 Å². The number of rotatable bonds is 5. The molecule has 0 aliphatic heterocycles. The number of nitrogens with zero attached hydrogens (tertiary/aromatic N) is 2. The fraction of sp³-hybridized carbons (Fsp3) is 0.0159. The molecule has 2 heterocycles. The molecule has 10 aromatic carbocycles. The smallest absolute Gasteiger partial charge is 0.160 e. The van der Waals surface area contributed by atoms with Crippen LogP contribution in [0, 0.1) is 0 Å². The predicted octanol–water partition coefficient (Wildman–Crippen LogP) is 16.2. The van der Waals surface area contributed by atoms with Crippen molar-refractivity contribution in [3.8, 4) is 78.4 Å². The monoisotopic (exact) mass is 838 g/mol. The van der Waals surface area contributed by atoms with Gasteiger partial charge in [0.1, 0.15) is 11.2 Å². The molecule has 0 bridgehead atoms. The average Bonchev–Trinajstić information content (AvgIpc) is 4.02.